The highest BCUT2D eigenvalue weighted by Crippen LogP contribution is 2.26. The van der Waals surface area contributed by atoms with E-state index < -0.39 is 5.97 Å². The Morgan fingerprint density at radius 3 is 1.87 bits per heavy atom. The molecule has 0 aliphatic carbocycles. The lowest BCUT2D eigenvalue weighted by atomic mass is 10.0. The largest absolute Gasteiger partial charge is 0.504 e. The number of ether oxygens (including phenoxy) is 1. The van der Waals surface area contributed by atoms with Gasteiger partial charge in [-0.3, -0.25) is 4.79 Å². The molecule has 0 aliphatic heterocycles. The Morgan fingerprint density at radius 1 is 0.933 bits per heavy atom. The molecule has 30 heavy (non-hydrogen) atoms. The van der Waals surface area contributed by atoms with Crippen LogP contribution in [0.1, 0.15) is 102 Å². The van der Waals surface area contributed by atoms with Crippen LogP contribution in [0.4, 0.5) is 0 Å². The molecule has 1 rings (SSSR count). The van der Waals surface area contributed by atoms with Crippen LogP contribution in [-0.2, 0) is 11.2 Å². The highest BCUT2D eigenvalue weighted by molar-refractivity contribution is 5.66. The topological polar surface area (TPSA) is 66.8 Å². The second-order valence-corrected chi connectivity index (χ2v) is 7.89. The van der Waals surface area contributed by atoms with Gasteiger partial charge in [-0.2, -0.15) is 0 Å². The number of allylic oxidation sites excluding steroid dienone is 1. The van der Waals surface area contributed by atoms with E-state index in [4.69, 9.17) is 9.84 Å². The summed E-state index contributed by atoms with van der Waals surface area (Å²) in [5.41, 5.74) is 1.08. The van der Waals surface area contributed by atoms with E-state index in [1.165, 1.54) is 77.7 Å². The lowest BCUT2D eigenvalue weighted by Crippen LogP contribution is -1.93. The van der Waals surface area contributed by atoms with Gasteiger partial charge >= 0.3 is 5.97 Å². The molecule has 0 amide bonds. The fraction of sp³-hybridized carbons (Fsp3) is 0.654. The molecule has 1 aromatic carbocycles. The number of unbranched alkanes of at least 4 members (excludes halogenated alkanes) is 12. The number of hydrogen-bond donors (Lipinski definition) is 2. The number of aliphatic carboxylic acids is 1. The lowest BCUT2D eigenvalue weighted by molar-refractivity contribution is -0.137. The molecular formula is C26H44O4. The Hall–Kier alpha value is -1.97. The van der Waals surface area contributed by atoms with E-state index in [0.29, 0.717) is 12.2 Å². The summed E-state index contributed by atoms with van der Waals surface area (Å²) in [5.74, 6) is 0.0257. The monoisotopic (exact) mass is 420 g/mol. The highest BCUT2D eigenvalue weighted by atomic mass is 16.5. The Kier molecular flexibility index (Phi) is 19.0. The van der Waals surface area contributed by atoms with Gasteiger partial charge in [0.1, 0.15) is 0 Å². The number of methoxy groups -OCH3 is 1. The first-order valence-electron chi connectivity index (χ1n) is 11.7. The van der Waals surface area contributed by atoms with Crippen LogP contribution >= 0.6 is 0 Å². The van der Waals surface area contributed by atoms with Crippen molar-refractivity contribution in [1.82, 2.24) is 0 Å². The molecule has 4 nitrogen and oxygen atoms in total. The molecule has 0 bridgehead atoms. The van der Waals surface area contributed by atoms with Crippen LogP contribution in [0.15, 0.2) is 30.9 Å². The zero-order chi connectivity index (χ0) is 22.5. The predicted molar refractivity (Wildman–Crippen MR) is 127 cm³/mol. The Morgan fingerprint density at radius 2 is 1.43 bits per heavy atom. The number of phenols is 1. The van der Waals surface area contributed by atoms with E-state index in [9.17, 15) is 9.90 Å². The van der Waals surface area contributed by atoms with Crippen LogP contribution < -0.4 is 4.74 Å². The maximum Gasteiger partial charge on any atom is 0.303 e. The molecule has 0 atom stereocenters. The Labute approximate surface area is 184 Å². The van der Waals surface area contributed by atoms with Crippen molar-refractivity contribution in [2.24, 2.45) is 0 Å². The maximum atomic E-state index is 10.3. The first kappa shape index (κ1) is 28.0. The van der Waals surface area contributed by atoms with Crippen molar-refractivity contribution in [3.05, 3.63) is 36.4 Å². The van der Waals surface area contributed by atoms with E-state index in [1.54, 1.807) is 12.1 Å². The number of aromatic hydroxyl groups is 1. The number of hydrogen-bond acceptors (Lipinski definition) is 3. The van der Waals surface area contributed by atoms with Gasteiger partial charge in [0.2, 0.25) is 0 Å². The van der Waals surface area contributed by atoms with Gasteiger partial charge in [-0.25, -0.2) is 0 Å². The average molecular weight is 421 g/mol. The normalized spacial score (nSPS) is 10.2. The summed E-state index contributed by atoms with van der Waals surface area (Å²) < 4.78 is 4.95. The Balaban J connectivity index is 0.000000604. The van der Waals surface area contributed by atoms with Crippen LogP contribution in [0.2, 0.25) is 0 Å². The molecule has 0 radical (unpaired) electrons. The van der Waals surface area contributed by atoms with Crippen molar-refractivity contribution in [2.45, 2.75) is 103 Å². The van der Waals surface area contributed by atoms with Gasteiger partial charge in [0.25, 0.3) is 0 Å². The fourth-order valence-electron chi connectivity index (χ4n) is 3.31. The highest BCUT2D eigenvalue weighted by Gasteiger charge is 2.00. The first-order valence-corrected chi connectivity index (χ1v) is 11.7. The molecule has 0 fully saturated rings. The summed E-state index contributed by atoms with van der Waals surface area (Å²) in [6, 6.07) is 5.27. The van der Waals surface area contributed by atoms with Gasteiger partial charge in [0.15, 0.2) is 11.5 Å². The second kappa shape index (κ2) is 20.3. The molecule has 0 unspecified atom stereocenters. The quantitative estimate of drug-likeness (QED) is 0.200. The molecule has 0 spiro atoms. The third-order valence-corrected chi connectivity index (χ3v) is 5.12. The van der Waals surface area contributed by atoms with E-state index in [0.717, 1.165) is 24.8 Å². The Bertz CT molecular complexity index is 554. The summed E-state index contributed by atoms with van der Waals surface area (Å²) in [5, 5.41) is 17.7. The standard InChI is InChI=1S/C16H32O2.C10H12O2/c1-2-3-4-5-6-7-8-9-10-11-12-13-14-15-16(17)18;1-3-4-8-5-6-9(11)10(7-8)12-2/h2-15H2,1H3,(H,17,18);3,5-7,11H,1,4H2,2H3. The van der Waals surface area contributed by atoms with Crippen molar-refractivity contribution >= 4 is 5.97 Å². The van der Waals surface area contributed by atoms with E-state index in [-0.39, 0.29) is 5.75 Å². The second-order valence-electron chi connectivity index (χ2n) is 7.89. The molecule has 0 saturated carbocycles. The number of rotatable bonds is 17. The molecule has 0 aliphatic rings. The molecule has 172 valence electrons. The van der Waals surface area contributed by atoms with Crippen LogP contribution in [-0.4, -0.2) is 23.3 Å². The number of phenolic OH excluding ortho intramolecular Hbond substituents is 1. The van der Waals surface area contributed by atoms with Crippen molar-refractivity contribution in [3.8, 4) is 11.5 Å². The first-order chi connectivity index (χ1) is 14.5. The molecule has 4 heteroatoms. The minimum absolute atomic E-state index is 0.172. The minimum Gasteiger partial charge on any atom is -0.504 e. The maximum absolute atomic E-state index is 10.3. The van der Waals surface area contributed by atoms with Crippen LogP contribution in [0.3, 0.4) is 0 Å². The summed E-state index contributed by atoms with van der Waals surface area (Å²) >= 11 is 0. The van der Waals surface area contributed by atoms with Gasteiger partial charge in [0.05, 0.1) is 7.11 Å². The molecule has 0 saturated heterocycles. The van der Waals surface area contributed by atoms with E-state index in [1.807, 2.05) is 12.1 Å². The zero-order valence-corrected chi connectivity index (χ0v) is 19.3. The van der Waals surface area contributed by atoms with Crippen LogP contribution in [0.25, 0.3) is 0 Å². The summed E-state index contributed by atoms with van der Waals surface area (Å²) in [4.78, 5) is 10.3. The van der Waals surface area contributed by atoms with Gasteiger partial charge < -0.3 is 14.9 Å². The molecule has 0 aromatic heterocycles. The number of carbonyl (C=O) groups is 1. The molecule has 0 heterocycles. The van der Waals surface area contributed by atoms with Crippen molar-refractivity contribution in [2.75, 3.05) is 7.11 Å². The molecule has 1 aromatic rings. The van der Waals surface area contributed by atoms with Gasteiger partial charge in [-0.15, -0.1) is 6.58 Å². The third kappa shape index (κ3) is 16.9. The number of benzene rings is 1. The SMILES string of the molecule is C=CCc1ccc(O)c(OC)c1.CCCCCCCCCCCCCCCC(=O)O. The van der Waals surface area contributed by atoms with Crippen molar-refractivity contribution in [1.29, 1.82) is 0 Å². The summed E-state index contributed by atoms with van der Waals surface area (Å²) in [7, 11) is 1.53. The summed E-state index contributed by atoms with van der Waals surface area (Å²) in [6.45, 7) is 5.89. The van der Waals surface area contributed by atoms with Gasteiger partial charge in [0, 0.05) is 6.42 Å². The van der Waals surface area contributed by atoms with Crippen molar-refractivity contribution in [3.63, 3.8) is 0 Å². The van der Waals surface area contributed by atoms with Gasteiger partial charge in [-0.05, 0) is 30.5 Å². The van der Waals surface area contributed by atoms with Crippen LogP contribution in [0, 0.1) is 0 Å². The zero-order valence-electron chi connectivity index (χ0n) is 19.3. The van der Waals surface area contributed by atoms with E-state index in [2.05, 4.69) is 13.5 Å². The third-order valence-electron chi connectivity index (χ3n) is 5.12. The summed E-state index contributed by atoms with van der Waals surface area (Å²) in [6.07, 6.45) is 19.9. The number of carboxylic acid groups (broad SMARTS) is 1. The number of carboxylic acids is 1. The molecular weight excluding hydrogens is 376 g/mol. The predicted octanol–water partition coefficient (Wildman–Crippen LogP) is 7.68. The fourth-order valence-corrected chi connectivity index (χ4v) is 3.31. The van der Waals surface area contributed by atoms with E-state index >= 15 is 0 Å². The average Bonchev–Trinajstić information content (AvgIpc) is 2.73. The van der Waals surface area contributed by atoms with Gasteiger partial charge in [-0.1, -0.05) is 96.1 Å². The lowest BCUT2D eigenvalue weighted by Gasteiger charge is -2.04. The smallest absolute Gasteiger partial charge is 0.303 e. The molecule has 2 N–H and O–H groups in total. The minimum atomic E-state index is -0.655. The van der Waals surface area contributed by atoms with Crippen molar-refractivity contribution < 1.29 is 19.7 Å². The van der Waals surface area contributed by atoms with Crippen LogP contribution in [0.5, 0.6) is 11.5 Å².